The highest BCUT2D eigenvalue weighted by molar-refractivity contribution is 5.76. The van der Waals surface area contributed by atoms with E-state index in [0.717, 1.165) is 25.9 Å². The zero-order valence-electron chi connectivity index (χ0n) is 11.8. The lowest BCUT2D eigenvalue weighted by atomic mass is 9.99. The van der Waals surface area contributed by atoms with E-state index in [0.29, 0.717) is 19.0 Å². The molecule has 1 N–H and O–H groups in total. The molecule has 0 aliphatic carbocycles. The van der Waals surface area contributed by atoms with Crippen molar-refractivity contribution < 1.29 is 22.7 Å². The number of nitrogens with one attached hydrogen (secondary N) is 1. The Kier molecular flexibility index (Phi) is 7.29. The van der Waals surface area contributed by atoms with E-state index in [2.05, 4.69) is 10.1 Å². The van der Waals surface area contributed by atoms with Crippen LogP contribution in [0.1, 0.15) is 26.2 Å². The Morgan fingerprint density at radius 3 is 2.75 bits per heavy atom. The topological polar surface area (TPSA) is 41.6 Å². The third kappa shape index (κ3) is 7.09. The lowest BCUT2D eigenvalue weighted by Gasteiger charge is -2.29. The number of alkyl halides is 3. The highest BCUT2D eigenvalue weighted by Crippen LogP contribution is 2.15. The van der Waals surface area contributed by atoms with Crippen LogP contribution in [0, 0.1) is 5.92 Å². The van der Waals surface area contributed by atoms with Crippen molar-refractivity contribution in [3.8, 4) is 0 Å². The molecule has 1 aliphatic rings. The smallest absolute Gasteiger partial charge is 0.372 e. The molecule has 0 saturated carbocycles. The van der Waals surface area contributed by atoms with E-state index in [1.54, 1.807) is 4.90 Å². The summed E-state index contributed by atoms with van der Waals surface area (Å²) in [6, 6.07) is 0. The summed E-state index contributed by atoms with van der Waals surface area (Å²) < 4.78 is 40.1. The third-order valence-electron chi connectivity index (χ3n) is 3.34. The molecule has 20 heavy (non-hydrogen) atoms. The van der Waals surface area contributed by atoms with Crippen molar-refractivity contribution in [2.24, 2.45) is 5.92 Å². The summed E-state index contributed by atoms with van der Waals surface area (Å²) in [5, 5.41) is 3.28. The molecule has 1 unspecified atom stereocenters. The van der Waals surface area contributed by atoms with E-state index in [1.807, 2.05) is 6.92 Å². The minimum atomic E-state index is -4.33. The van der Waals surface area contributed by atoms with Gasteiger partial charge in [0.2, 0.25) is 5.91 Å². The number of amides is 1. The fourth-order valence-electron chi connectivity index (χ4n) is 2.30. The van der Waals surface area contributed by atoms with Crippen LogP contribution < -0.4 is 5.32 Å². The molecule has 0 bridgehead atoms. The van der Waals surface area contributed by atoms with Crippen molar-refractivity contribution >= 4 is 5.91 Å². The van der Waals surface area contributed by atoms with Gasteiger partial charge in [-0.1, -0.05) is 0 Å². The van der Waals surface area contributed by atoms with Crippen molar-refractivity contribution in [3.05, 3.63) is 0 Å². The van der Waals surface area contributed by atoms with Gasteiger partial charge >= 0.3 is 6.18 Å². The Bertz CT molecular complexity index is 292. The van der Waals surface area contributed by atoms with Crippen LogP contribution in [0.25, 0.3) is 0 Å². The number of hydrogen-bond donors (Lipinski definition) is 1. The Hall–Kier alpha value is -0.820. The fraction of sp³-hybridized carbons (Fsp3) is 0.923. The SMILES string of the molecule is CCN(CC1CCCNC1)C(=O)CCOCC(F)(F)F. The average molecular weight is 296 g/mol. The van der Waals surface area contributed by atoms with Gasteiger partial charge in [-0.3, -0.25) is 4.79 Å². The molecule has 1 fully saturated rings. The van der Waals surface area contributed by atoms with Crippen LogP contribution in [0.2, 0.25) is 0 Å². The molecule has 1 amide bonds. The lowest BCUT2D eigenvalue weighted by molar-refractivity contribution is -0.175. The highest BCUT2D eigenvalue weighted by Gasteiger charge is 2.27. The molecule has 0 aromatic heterocycles. The molecule has 118 valence electrons. The van der Waals surface area contributed by atoms with Crippen LogP contribution >= 0.6 is 0 Å². The Morgan fingerprint density at radius 1 is 1.45 bits per heavy atom. The van der Waals surface area contributed by atoms with E-state index in [-0.39, 0.29) is 18.9 Å². The molecule has 0 aromatic carbocycles. The molecular formula is C13H23F3N2O2. The first-order chi connectivity index (χ1) is 9.42. The summed E-state index contributed by atoms with van der Waals surface area (Å²) in [6.07, 6.45) is -2.14. The molecule has 0 aromatic rings. The van der Waals surface area contributed by atoms with Gasteiger partial charge in [-0.2, -0.15) is 13.2 Å². The van der Waals surface area contributed by atoms with E-state index >= 15 is 0 Å². The number of ether oxygens (including phenoxy) is 1. The molecule has 1 rings (SSSR count). The maximum absolute atomic E-state index is 11.9. The second-order valence-corrected chi connectivity index (χ2v) is 5.06. The van der Waals surface area contributed by atoms with Gasteiger partial charge in [0.1, 0.15) is 6.61 Å². The molecule has 0 spiro atoms. The van der Waals surface area contributed by atoms with Crippen LogP contribution in [-0.4, -0.2) is 56.4 Å². The molecular weight excluding hydrogens is 273 g/mol. The Labute approximate surface area is 117 Å². The van der Waals surface area contributed by atoms with Gasteiger partial charge < -0.3 is 15.0 Å². The van der Waals surface area contributed by atoms with Crippen molar-refractivity contribution in [2.75, 3.05) is 39.4 Å². The van der Waals surface area contributed by atoms with E-state index in [9.17, 15) is 18.0 Å². The van der Waals surface area contributed by atoms with Crippen LogP contribution in [0.15, 0.2) is 0 Å². The highest BCUT2D eigenvalue weighted by atomic mass is 19.4. The number of hydrogen-bond acceptors (Lipinski definition) is 3. The lowest BCUT2D eigenvalue weighted by Crippen LogP contribution is -2.41. The van der Waals surface area contributed by atoms with Crippen LogP contribution in [0.4, 0.5) is 13.2 Å². The molecule has 1 heterocycles. The standard InChI is InChI=1S/C13H23F3N2O2/c1-2-18(9-11-4-3-6-17-8-11)12(19)5-7-20-10-13(14,15)16/h11,17H,2-10H2,1H3. The minimum Gasteiger partial charge on any atom is -0.372 e. The van der Waals surface area contributed by atoms with Gasteiger partial charge in [0.25, 0.3) is 0 Å². The Balaban J connectivity index is 2.24. The number of carbonyl (C=O) groups excluding carboxylic acids is 1. The van der Waals surface area contributed by atoms with Crippen molar-refractivity contribution in [2.45, 2.75) is 32.4 Å². The van der Waals surface area contributed by atoms with Gasteiger partial charge in [-0.15, -0.1) is 0 Å². The largest absolute Gasteiger partial charge is 0.411 e. The normalized spacial score (nSPS) is 19.9. The maximum Gasteiger partial charge on any atom is 0.411 e. The fourth-order valence-corrected chi connectivity index (χ4v) is 2.30. The second kappa shape index (κ2) is 8.46. The van der Waals surface area contributed by atoms with E-state index in [4.69, 9.17) is 0 Å². The predicted octanol–water partition coefficient (Wildman–Crippen LogP) is 1.80. The van der Waals surface area contributed by atoms with Gasteiger partial charge in [-0.25, -0.2) is 0 Å². The summed E-state index contributed by atoms with van der Waals surface area (Å²) >= 11 is 0. The van der Waals surface area contributed by atoms with Crippen molar-refractivity contribution in [3.63, 3.8) is 0 Å². The third-order valence-corrected chi connectivity index (χ3v) is 3.34. The van der Waals surface area contributed by atoms with Crippen LogP contribution in [0.3, 0.4) is 0 Å². The van der Waals surface area contributed by atoms with Crippen LogP contribution in [-0.2, 0) is 9.53 Å². The number of carbonyl (C=O) groups is 1. The first-order valence-electron chi connectivity index (χ1n) is 7.05. The minimum absolute atomic E-state index is 0.00404. The molecule has 1 aliphatic heterocycles. The number of nitrogens with zero attached hydrogens (tertiary/aromatic N) is 1. The maximum atomic E-state index is 11.9. The molecule has 0 radical (unpaired) electrons. The van der Waals surface area contributed by atoms with Crippen LogP contribution in [0.5, 0.6) is 0 Å². The molecule has 7 heteroatoms. The summed E-state index contributed by atoms with van der Waals surface area (Å²) in [4.78, 5) is 13.6. The zero-order chi connectivity index (χ0) is 15.0. The Morgan fingerprint density at radius 2 is 2.20 bits per heavy atom. The number of rotatable bonds is 7. The van der Waals surface area contributed by atoms with E-state index < -0.39 is 12.8 Å². The number of piperidine rings is 1. The predicted molar refractivity (Wildman–Crippen MR) is 69.3 cm³/mol. The van der Waals surface area contributed by atoms with Crippen molar-refractivity contribution in [1.29, 1.82) is 0 Å². The second-order valence-electron chi connectivity index (χ2n) is 5.06. The first-order valence-corrected chi connectivity index (χ1v) is 7.05. The first kappa shape index (κ1) is 17.2. The van der Waals surface area contributed by atoms with Gasteiger partial charge in [0.15, 0.2) is 0 Å². The number of halogens is 3. The molecule has 4 nitrogen and oxygen atoms in total. The summed E-state index contributed by atoms with van der Waals surface area (Å²) in [7, 11) is 0. The van der Waals surface area contributed by atoms with E-state index in [1.165, 1.54) is 0 Å². The average Bonchev–Trinajstić information content (AvgIpc) is 2.41. The van der Waals surface area contributed by atoms with Gasteiger partial charge in [0, 0.05) is 13.1 Å². The van der Waals surface area contributed by atoms with Crippen molar-refractivity contribution in [1.82, 2.24) is 10.2 Å². The van der Waals surface area contributed by atoms with Gasteiger partial charge in [-0.05, 0) is 38.8 Å². The van der Waals surface area contributed by atoms with Gasteiger partial charge in [0.05, 0.1) is 13.0 Å². The summed E-state index contributed by atoms with van der Waals surface area (Å²) in [5.74, 6) is 0.295. The summed E-state index contributed by atoms with van der Waals surface area (Å²) in [6.45, 7) is 3.56. The molecule has 1 atom stereocenters. The monoisotopic (exact) mass is 296 g/mol. The zero-order valence-corrected chi connectivity index (χ0v) is 11.8. The quantitative estimate of drug-likeness (QED) is 0.729. The summed E-state index contributed by atoms with van der Waals surface area (Å²) in [5.41, 5.74) is 0. The molecule has 1 saturated heterocycles.